The number of methoxy groups -OCH3 is 2. The van der Waals surface area contributed by atoms with Gasteiger partial charge in [-0.1, -0.05) is 6.07 Å². The predicted octanol–water partition coefficient (Wildman–Crippen LogP) is 1.62. The summed E-state index contributed by atoms with van der Waals surface area (Å²) in [5.74, 6) is 5.62. The largest absolute Gasteiger partial charge is 0.495 e. The number of carbonyl (C=O) groups is 1. The van der Waals surface area contributed by atoms with Gasteiger partial charge in [0.25, 0.3) is 0 Å². The van der Waals surface area contributed by atoms with E-state index in [0.717, 1.165) is 0 Å². The maximum atomic E-state index is 11.1. The van der Waals surface area contributed by atoms with Crippen molar-refractivity contribution < 1.29 is 19.0 Å². The Hall–Kier alpha value is -2.15. The molecule has 0 spiro atoms. The second-order valence-electron chi connectivity index (χ2n) is 3.01. The van der Waals surface area contributed by atoms with Crippen molar-refractivity contribution in [1.29, 1.82) is 0 Å². The van der Waals surface area contributed by atoms with Gasteiger partial charge in [0, 0.05) is 5.92 Å². The first-order chi connectivity index (χ1) is 8.22. The maximum absolute atomic E-state index is 11.1. The van der Waals surface area contributed by atoms with Crippen molar-refractivity contribution in [2.45, 2.75) is 6.92 Å². The highest BCUT2D eigenvalue weighted by atomic mass is 16.5. The molecule has 0 atom stereocenters. The summed E-state index contributed by atoms with van der Waals surface area (Å²) in [6, 6.07) is 5.28. The Labute approximate surface area is 100 Å². The van der Waals surface area contributed by atoms with Gasteiger partial charge in [-0.05, 0) is 25.0 Å². The summed E-state index contributed by atoms with van der Waals surface area (Å²) >= 11 is 0. The van der Waals surface area contributed by atoms with Crippen LogP contribution in [0.15, 0.2) is 18.2 Å². The lowest BCUT2D eigenvalue weighted by Gasteiger charge is -2.07. The van der Waals surface area contributed by atoms with Gasteiger partial charge < -0.3 is 14.2 Å². The highest BCUT2D eigenvalue weighted by Gasteiger charge is 2.07. The number of benzene rings is 1. The van der Waals surface area contributed by atoms with Crippen LogP contribution in [0.4, 0.5) is 0 Å². The minimum atomic E-state index is -0.569. The first-order valence-electron chi connectivity index (χ1n) is 5.12. The molecule has 0 heterocycles. The van der Waals surface area contributed by atoms with Crippen LogP contribution in [0.5, 0.6) is 11.5 Å². The molecule has 0 amide bonds. The number of esters is 1. The number of carbonyl (C=O) groups excluding carboxylic acids is 1. The predicted molar refractivity (Wildman–Crippen MR) is 63.1 cm³/mol. The van der Waals surface area contributed by atoms with E-state index in [-0.39, 0.29) is 0 Å². The molecule has 0 N–H and O–H groups in total. The summed E-state index contributed by atoms with van der Waals surface area (Å²) in [5.41, 5.74) is 0.533. The summed E-state index contributed by atoms with van der Waals surface area (Å²) in [4.78, 5) is 11.1. The van der Waals surface area contributed by atoms with E-state index in [1.807, 2.05) is 0 Å². The Morgan fingerprint density at radius 3 is 2.29 bits per heavy atom. The minimum absolute atomic E-state index is 0.302. The van der Waals surface area contributed by atoms with Gasteiger partial charge in [-0.15, -0.1) is 0 Å². The van der Waals surface area contributed by atoms with Crippen molar-refractivity contribution in [2.24, 2.45) is 0 Å². The monoisotopic (exact) mass is 234 g/mol. The van der Waals surface area contributed by atoms with E-state index < -0.39 is 5.97 Å². The summed E-state index contributed by atoms with van der Waals surface area (Å²) in [6.45, 7) is 2.03. The van der Waals surface area contributed by atoms with Gasteiger partial charge in [-0.2, -0.15) is 0 Å². The topological polar surface area (TPSA) is 44.8 Å². The zero-order valence-corrected chi connectivity index (χ0v) is 10.1. The van der Waals surface area contributed by atoms with Gasteiger partial charge >= 0.3 is 5.97 Å². The Morgan fingerprint density at radius 1 is 1.24 bits per heavy atom. The Kier molecular flexibility index (Phi) is 4.89. The first-order valence-corrected chi connectivity index (χ1v) is 5.12. The molecule has 4 heteroatoms. The van der Waals surface area contributed by atoms with Crippen molar-refractivity contribution in [1.82, 2.24) is 0 Å². The van der Waals surface area contributed by atoms with E-state index in [0.29, 0.717) is 23.7 Å². The minimum Gasteiger partial charge on any atom is -0.495 e. The molecule has 0 aliphatic heterocycles. The number of hydrogen-bond acceptors (Lipinski definition) is 4. The van der Waals surface area contributed by atoms with Gasteiger partial charge in [0.2, 0.25) is 0 Å². The molecule has 0 aromatic heterocycles. The van der Waals surface area contributed by atoms with Gasteiger partial charge in [0.05, 0.1) is 20.8 Å². The van der Waals surface area contributed by atoms with Crippen LogP contribution >= 0.6 is 0 Å². The van der Waals surface area contributed by atoms with Gasteiger partial charge in [0.15, 0.2) is 0 Å². The fourth-order valence-corrected chi connectivity index (χ4v) is 1.26. The standard InChI is InChI=1S/C13H14O4/c1-4-17-13(14)9-8-10-11(15-2)6-5-7-12(10)16-3/h5-7H,4H2,1-3H3. The molecule has 0 aliphatic rings. The average molecular weight is 234 g/mol. The molecule has 90 valence electrons. The molecule has 0 unspecified atom stereocenters. The molecule has 0 fully saturated rings. The fraction of sp³-hybridized carbons (Fsp3) is 0.308. The lowest BCUT2D eigenvalue weighted by Crippen LogP contribution is -2.00. The highest BCUT2D eigenvalue weighted by molar-refractivity contribution is 5.89. The van der Waals surface area contributed by atoms with Crippen molar-refractivity contribution in [3.8, 4) is 23.3 Å². The smallest absolute Gasteiger partial charge is 0.384 e. The molecular weight excluding hydrogens is 220 g/mol. The molecular formula is C13H14O4. The van der Waals surface area contributed by atoms with E-state index in [9.17, 15) is 4.79 Å². The third-order valence-electron chi connectivity index (χ3n) is 1.99. The molecule has 4 nitrogen and oxygen atoms in total. The van der Waals surface area contributed by atoms with Crippen LogP contribution in [-0.4, -0.2) is 26.8 Å². The number of ether oxygens (including phenoxy) is 3. The molecule has 0 aliphatic carbocycles. The quantitative estimate of drug-likeness (QED) is 0.589. The molecule has 1 aromatic carbocycles. The van der Waals surface area contributed by atoms with Gasteiger partial charge in [-0.3, -0.25) is 0 Å². The second-order valence-corrected chi connectivity index (χ2v) is 3.01. The van der Waals surface area contributed by atoms with Crippen LogP contribution in [0.1, 0.15) is 12.5 Å². The molecule has 0 bridgehead atoms. The van der Waals surface area contributed by atoms with Crippen molar-refractivity contribution in [2.75, 3.05) is 20.8 Å². The second kappa shape index (κ2) is 6.44. The zero-order valence-electron chi connectivity index (χ0n) is 10.1. The molecule has 0 saturated carbocycles. The van der Waals surface area contributed by atoms with Crippen LogP contribution in [0.2, 0.25) is 0 Å². The SMILES string of the molecule is CCOC(=O)C#Cc1c(OC)cccc1OC. The zero-order chi connectivity index (χ0) is 12.7. The molecule has 0 saturated heterocycles. The summed E-state index contributed by atoms with van der Waals surface area (Å²) < 4.78 is 15.0. The van der Waals surface area contributed by atoms with Crippen LogP contribution in [0.25, 0.3) is 0 Å². The third-order valence-corrected chi connectivity index (χ3v) is 1.99. The summed E-state index contributed by atoms with van der Waals surface area (Å²) in [7, 11) is 3.06. The normalized spacial score (nSPS) is 8.88. The van der Waals surface area contributed by atoms with Crippen LogP contribution in [0, 0.1) is 11.8 Å². The number of hydrogen-bond donors (Lipinski definition) is 0. The Bertz CT molecular complexity index is 432. The van der Waals surface area contributed by atoms with Gasteiger partial charge in [0.1, 0.15) is 17.1 Å². The Morgan fingerprint density at radius 2 is 1.82 bits per heavy atom. The van der Waals surface area contributed by atoms with Crippen LogP contribution in [0.3, 0.4) is 0 Å². The lowest BCUT2D eigenvalue weighted by atomic mass is 10.2. The van der Waals surface area contributed by atoms with E-state index in [1.165, 1.54) is 14.2 Å². The summed E-state index contributed by atoms with van der Waals surface area (Å²) in [5, 5.41) is 0. The number of rotatable bonds is 3. The third kappa shape index (κ3) is 3.42. The molecule has 17 heavy (non-hydrogen) atoms. The lowest BCUT2D eigenvalue weighted by molar-refractivity contribution is -0.136. The van der Waals surface area contributed by atoms with Crippen LogP contribution in [-0.2, 0) is 9.53 Å². The molecule has 0 radical (unpaired) electrons. The van der Waals surface area contributed by atoms with Crippen molar-refractivity contribution >= 4 is 5.97 Å². The fourth-order valence-electron chi connectivity index (χ4n) is 1.26. The van der Waals surface area contributed by atoms with E-state index in [1.54, 1.807) is 25.1 Å². The van der Waals surface area contributed by atoms with Crippen molar-refractivity contribution in [3.05, 3.63) is 23.8 Å². The maximum Gasteiger partial charge on any atom is 0.384 e. The molecule has 1 rings (SSSR count). The first kappa shape index (κ1) is 12.9. The average Bonchev–Trinajstić information content (AvgIpc) is 2.36. The molecule has 1 aromatic rings. The Balaban J connectivity index is 3.07. The van der Waals surface area contributed by atoms with E-state index in [4.69, 9.17) is 14.2 Å². The van der Waals surface area contributed by atoms with Crippen molar-refractivity contribution in [3.63, 3.8) is 0 Å². The van der Waals surface area contributed by atoms with E-state index >= 15 is 0 Å². The van der Waals surface area contributed by atoms with Crippen LogP contribution < -0.4 is 9.47 Å². The van der Waals surface area contributed by atoms with E-state index in [2.05, 4.69) is 11.8 Å². The summed E-state index contributed by atoms with van der Waals surface area (Å²) in [6.07, 6.45) is 0. The van der Waals surface area contributed by atoms with Gasteiger partial charge in [-0.25, -0.2) is 4.79 Å². The highest BCUT2D eigenvalue weighted by Crippen LogP contribution is 2.26.